The highest BCUT2D eigenvalue weighted by atomic mass is 32.1. The van der Waals surface area contributed by atoms with E-state index in [0.717, 1.165) is 11.3 Å². The van der Waals surface area contributed by atoms with E-state index in [9.17, 15) is 9.59 Å². The third-order valence-corrected chi connectivity index (χ3v) is 5.20. The van der Waals surface area contributed by atoms with Crippen molar-refractivity contribution in [2.75, 3.05) is 6.61 Å². The lowest BCUT2D eigenvalue weighted by Gasteiger charge is -2.39. The van der Waals surface area contributed by atoms with Gasteiger partial charge in [-0.15, -0.1) is 11.3 Å². The van der Waals surface area contributed by atoms with Crippen LogP contribution in [0.5, 0.6) is 11.5 Å². The lowest BCUT2D eigenvalue weighted by Crippen LogP contribution is -2.49. The minimum atomic E-state index is -1.26. The smallest absolute Gasteiger partial charge is 0.184 e. The molecule has 0 aromatic carbocycles. The summed E-state index contributed by atoms with van der Waals surface area (Å²) in [6, 6.07) is 0. The van der Waals surface area contributed by atoms with Crippen LogP contribution in [-0.4, -0.2) is 40.4 Å². The van der Waals surface area contributed by atoms with E-state index in [2.05, 4.69) is 33.9 Å². The molecule has 1 aliphatic rings. The molecule has 22 heavy (non-hydrogen) atoms. The van der Waals surface area contributed by atoms with Crippen molar-refractivity contribution < 1.29 is 23.5 Å². The van der Waals surface area contributed by atoms with Gasteiger partial charge in [-0.25, -0.2) is 0 Å². The number of carbonyl (C=O) groups is 2. The summed E-state index contributed by atoms with van der Waals surface area (Å²) in [5, 5.41) is 0. The van der Waals surface area contributed by atoms with Crippen molar-refractivity contribution in [2.24, 2.45) is 5.41 Å². The Morgan fingerprint density at radius 1 is 1.23 bits per heavy atom. The molecule has 1 aromatic rings. The predicted octanol–water partition coefficient (Wildman–Crippen LogP) is 2.93. The van der Waals surface area contributed by atoms with Gasteiger partial charge in [0.25, 0.3) is 0 Å². The van der Waals surface area contributed by atoms with Crippen molar-refractivity contribution >= 4 is 32.9 Å². The van der Waals surface area contributed by atoms with E-state index in [4.69, 9.17) is 13.9 Å². The van der Waals surface area contributed by atoms with Crippen LogP contribution in [0.2, 0.25) is 13.1 Å². The largest absolute Gasteiger partial charge is 0.484 e. The Hall–Kier alpha value is -1.18. The Balaban J connectivity index is 2.31. The molecule has 1 aromatic heterocycles. The maximum atomic E-state index is 11.2. The summed E-state index contributed by atoms with van der Waals surface area (Å²) >= 11 is 1.09. The van der Waals surface area contributed by atoms with E-state index in [1.54, 1.807) is 0 Å². The number of hydrogen-bond acceptors (Lipinski definition) is 6. The Labute approximate surface area is 136 Å². The second-order valence-corrected chi connectivity index (χ2v) is 10.1. The third-order valence-electron chi connectivity index (χ3n) is 3.36. The van der Waals surface area contributed by atoms with Gasteiger partial charge < -0.3 is 13.9 Å². The van der Waals surface area contributed by atoms with E-state index in [0.29, 0.717) is 40.4 Å². The first-order chi connectivity index (χ1) is 10.3. The molecule has 0 fully saturated rings. The number of carbonyl (C=O) groups excluding carboxylic acids is 2. The number of hydrogen-bond donors (Lipinski definition) is 0. The van der Waals surface area contributed by atoms with Crippen molar-refractivity contribution in [1.29, 1.82) is 0 Å². The number of rotatable bonds is 5. The number of ether oxygens (including phenoxy) is 2. The molecular formula is C15H22O5SSi. The normalized spacial score (nSPS) is 19.1. The van der Waals surface area contributed by atoms with Crippen molar-refractivity contribution in [3.63, 3.8) is 0 Å². The summed E-state index contributed by atoms with van der Waals surface area (Å²) in [4.78, 5) is 23.0. The van der Waals surface area contributed by atoms with Crippen LogP contribution in [0.4, 0.5) is 0 Å². The summed E-state index contributed by atoms with van der Waals surface area (Å²) in [7, 11) is -1.26. The van der Waals surface area contributed by atoms with Gasteiger partial charge in [-0.3, -0.25) is 9.59 Å². The molecule has 0 aliphatic carbocycles. The standard InChI is InChI=1S/C15H22O5SSi/c1-15(2,3)14(20-22(4)5)9-8-18-12-10(6-16)21-11(7-17)13(12)19-9/h6-7,9,14,22H,8H2,1-5H3. The quantitative estimate of drug-likeness (QED) is 0.608. The van der Waals surface area contributed by atoms with Gasteiger partial charge in [-0.1, -0.05) is 20.8 Å². The Bertz CT molecular complexity index is 561. The number of aldehydes is 2. The lowest BCUT2D eigenvalue weighted by atomic mass is 9.86. The van der Waals surface area contributed by atoms with Gasteiger partial charge in [-0.05, 0) is 18.5 Å². The fourth-order valence-electron chi connectivity index (χ4n) is 2.48. The fourth-order valence-corrected chi connectivity index (χ4v) is 4.46. The van der Waals surface area contributed by atoms with Crippen LogP contribution in [-0.2, 0) is 4.43 Å². The Morgan fingerprint density at radius 3 is 2.32 bits per heavy atom. The van der Waals surface area contributed by atoms with E-state index in [1.807, 2.05) is 0 Å². The van der Waals surface area contributed by atoms with Crippen LogP contribution in [0.15, 0.2) is 0 Å². The molecule has 1 aliphatic heterocycles. The molecule has 2 heterocycles. The maximum absolute atomic E-state index is 11.2. The van der Waals surface area contributed by atoms with E-state index in [1.165, 1.54) is 0 Å². The lowest BCUT2D eigenvalue weighted by molar-refractivity contribution is -0.0472. The van der Waals surface area contributed by atoms with E-state index < -0.39 is 9.04 Å². The fraction of sp³-hybridized carbons (Fsp3) is 0.600. The second-order valence-electron chi connectivity index (χ2n) is 6.66. The molecule has 0 spiro atoms. The van der Waals surface area contributed by atoms with Crippen molar-refractivity contribution in [1.82, 2.24) is 0 Å². The summed E-state index contributed by atoms with van der Waals surface area (Å²) < 4.78 is 17.9. The van der Waals surface area contributed by atoms with Crippen LogP contribution < -0.4 is 9.47 Å². The van der Waals surface area contributed by atoms with Gasteiger partial charge in [0.2, 0.25) is 0 Å². The Morgan fingerprint density at radius 2 is 1.82 bits per heavy atom. The summed E-state index contributed by atoms with van der Waals surface area (Å²) in [6.45, 7) is 10.8. The van der Waals surface area contributed by atoms with E-state index >= 15 is 0 Å². The maximum Gasteiger partial charge on any atom is 0.184 e. The molecule has 122 valence electrons. The van der Waals surface area contributed by atoms with E-state index in [-0.39, 0.29) is 17.6 Å². The molecule has 5 nitrogen and oxygen atoms in total. The topological polar surface area (TPSA) is 61.8 Å². The van der Waals surface area contributed by atoms with Crippen LogP contribution in [0.3, 0.4) is 0 Å². The summed E-state index contributed by atoms with van der Waals surface area (Å²) in [5.74, 6) is 0.759. The monoisotopic (exact) mass is 342 g/mol. The predicted molar refractivity (Wildman–Crippen MR) is 88.2 cm³/mol. The molecule has 0 saturated heterocycles. The average molecular weight is 342 g/mol. The number of fused-ring (bicyclic) bond motifs is 1. The zero-order valence-electron chi connectivity index (χ0n) is 13.5. The highest BCUT2D eigenvalue weighted by Gasteiger charge is 2.40. The minimum absolute atomic E-state index is 0.117. The SMILES string of the molecule is C[SiH](C)OC(C1COc2c(C=O)sc(C=O)c2O1)C(C)(C)C. The molecule has 0 amide bonds. The first-order valence-corrected chi connectivity index (χ1v) is 10.9. The van der Waals surface area contributed by atoms with Crippen molar-refractivity contribution in [2.45, 2.75) is 46.1 Å². The molecule has 2 atom stereocenters. The van der Waals surface area contributed by atoms with Crippen LogP contribution in [0.25, 0.3) is 0 Å². The molecule has 2 unspecified atom stereocenters. The minimum Gasteiger partial charge on any atom is -0.484 e. The highest BCUT2D eigenvalue weighted by Crippen LogP contribution is 2.44. The summed E-state index contributed by atoms with van der Waals surface area (Å²) in [6.07, 6.45) is 0.965. The van der Waals surface area contributed by atoms with Gasteiger partial charge in [0.05, 0.1) is 6.10 Å². The third kappa shape index (κ3) is 3.42. The van der Waals surface area contributed by atoms with Gasteiger partial charge in [0.1, 0.15) is 16.4 Å². The van der Waals surface area contributed by atoms with Gasteiger partial charge in [-0.2, -0.15) is 0 Å². The Kier molecular flexibility index (Phi) is 5.09. The van der Waals surface area contributed by atoms with Gasteiger partial charge in [0.15, 0.2) is 39.2 Å². The first kappa shape index (κ1) is 17.2. The molecule has 0 radical (unpaired) electrons. The first-order valence-electron chi connectivity index (χ1n) is 7.30. The zero-order valence-corrected chi connectivity index (χ0v) is 15.5. The highest BCUT2D eigenvalue weighted by molar-refractivity contribution is 7.16. The average Bonchev–Trinajstić information content (AvgIpc) is 2.80. The number of thiophene rings is 1. The van der Waals surface area contributed by atoms with Crippen LogP contribution in [0, 0.1) is 5.41 Å². The van der Waals surface area contributed by atoms with Crippen molar-refractivity contribution in [3.05, 3.63) is 9.75 Å². The van der Waals surface area contributed by atoms with Gasteiger partial charge >= 0.3 is 0 Å². The molecule has 2 rings (SSSR count). The van der Waals surface area contributed by atoms with Crippen LogP contribution >= 0.6 is 11.3 Å². The van der Waals surface area contributed by atoms with Gasteiger partial charge in [0, 0.05) is 0 Å². The van der Waals surface area contributed by atoms with Crippen molar-refractivity contribution in [3.8, 4) is 11.5 Å². The second kappa shape index (κ2) is 6.52. The molecular weight excluding hydrogens is 320 g/mol. The van der Waals surface area contributed by atoms with Crippen LogP contribution in [0.1, 0.15) is 40.1 Å². The molecule has 0 saturated carbocycles. The molecule has 0 N–H and O–H groups in total. The molecule has 0 bridgehead atoms. The molecule has 7 heteroatoms. The summed E-state index contributed by atoms with van der Waals surface area (Å²) in [5.41, 5.74) is -0.117. The zero-order chi connectivity index (χ0) is 16.5.